The minimum atomic E-state index is -0.467. The standard InChI is InChI=1S/C21H22N4O3/c1-15-18(23-24-25(15)17-11-7-4-8-12-17)13-20(26)22-19(14-21(27)28-2)16-9-5-3-6-10-16/h3-12,19H,13-14H2,1-2H3,(H,22,26)/t19-/m0/s1. The van der Waals surface area contributed by atoms with Crippen molar-refractivity contribution in [2.45, 2.75) is 25.8 Å². The lowest BCUT2D eigenvalue weighted by molar-refractivity contribution is -0.141. The molecule has 0 aliphatic carbocycles. The van der Waals surface area contributed by atoms with Crippen LogP contribution in [0.5, 0.6) is 0 Å². The number of aromatic nitrogens is 3. The van der Waals surface area contributed by atoms with E-state index in [1.54, 1.807) is 4.68 Å². The predicted molar refractivity (Wildman–Crippen MR) is 104 cm³/mol. The van der Waals surface area contributed by atoms with Crippen molar-refractivity contribution in [2.24, 2.45) is 0 Å². The number of carbonyl (C=O) groups is 2. The lowest BCUT2D eigenvalue weighted by Gasteiger charge is -2.18. The maximum atomic E-state index is 12.6. The predicted octanol–water partition coefficient (Wildman–Crippen LogP) is 2.54. The Kier molecular flexibility index (Phi) is 6.16. The molecule has 1 heterocycles. The minimum absolute atomic E-state index is 0.0575. The molecule has 1 atom stereocenters. The van der Waals surface area contributed by atoms with E-state index in [1.807, 2.05) is 67.6 Å². The highest BCUT2D eigenvalue weighted by atomic mass is 16.5. The summed E-state index contributed by atoms with van der Waals surface area (Å²) in [5, 5.41) is 11.2. The molecule has 7 heteroatoms. The molecule has 28 heavy (non-hydrogen) atoms. The lowest BCUT2D eigenvalue weighted by Crippen LogP contribution is -2.31. The van der Waals surface area contributed by atoms with Crippen LogP contribution in [0.4, 0.5) is 0 Å². The molecule has 0 spiro atoms. The zero-order chi connectivity index (χ0) is 19.9. The van der Waals surface area contributed by atoms with Gasteiger partial charge in [-0.05, 0) is 24.6 Å². The second-order valence-electron chi connectivity index (χ2n) is 6.36. The largest absolute Gasteiger partial charge is 0.469 e. The van der Waals surface area contributed by atoms with E-state index < -0.39 is 6.04 Å². The highest BCUT2D eigenvalue weighted by Gasteiger charge is 2.20. The second-order valence-corrected chi connectivity index (χ2v) is 6.36. The van der Waals surface area contributed by atoms with E-state index in [2.05, 4.69) is 15.6 Å². The van der Waals surface area contributed by atoms with Crippen molar-refractivity contribution in [2.75, 3.05) is 7.11 Å². The number of hydrogen-bond acceptors (Lipinski definition) is 5. The van der Waals surface area contributed by atoms with Crippen LogP contribution in [-0.2, 0) is 20.7 Å². The Morgan fingerprint density at radius 2 is 1.71 bits per heavy atom. The first-order valence-corrected chi connectivity index (χ1v) is 8.96. The first-order valence-electron chi connectivity index (χ1n) is 8.96. The molecule has 0 aliphatic heterocycles. The topological polar surface area (TPSA) is 86.1 Å². The summed E-state index contributed by atoms with van der Waals surface area (Å²) in [4.78, 5) is 24.4. The third-order valence-corrected chi connectivity index (χ3v) is 4.45. The van der Waals surface area contributed by atoms with Gasteiger partial charge in [-0.1, -0.05) is 53.7 Å². The molecule has 0 aliphatic rings. The van der Waals surface area contributed by atoms with Gasteiger partial charge in [0.25, 0.3) is 0 Å². The van der Waals surface area contributed by atoms with Gasteiger partial charge in [0.2, 0.25) is 5.91 Å². The minimum Gasteiger partial charge on any atom is -0.469 e. The summed E-state index contributed by atoms with van der Waals surface area (Å²) in [6, 6.07) is 18.5. The molecule has 0 saturated heterocycles. The fraction of sp³-hybridized carbons (Fsp3) is 0.238. The van der Waals surface area contributed by atoms with Crippen molar-refractivity contribution in [1.29, 1.82) is 0 Å². The molecule has 0 saturated carbocycles. The van der Waals surface area contributed by atoms with Crippen LogP contribution in [-0.4, -0.2) is 34.0 Å². The summed E-state index contributed by atoms with van der Waals surface area (Å²) in [6.07, 6.45) is 0.130. The normalized spacial score (nSPS) is 11.6. The number of esters is 1. The molecular formula is C21H22N4O3. The van der Waals surface area contributed by atoms with Crippen molar-refractivity contribution >= 4 is 11.9 Å². The first-order chi connectivity index (χ1) is 13.6. The Morgan fingerprint density at radius 1 is 1.07 bits per heavy atom. The van der Waals surface area contributed by atoms with E-state index in [0.29, 0.717) is 5.69 Å². The Balaban J connectivity index is 1.73. The molecule has 3 aromatic rings. The van der Waals surface area contributed by atoms with Gasteiger partial charge in [-0.15, -0.1) is 5.10 Å². The number of benzene rings is 2. The number of nitrogens with one attached hydrogen (secondary N) is 1. The number of amides is 1. The fourth-order valence-corrected chi connectivity index (χ4v) is 2.92. The number of ether oxygens (including phenoxy) is 1. The number of nitrogens with zero attached hydrogens (tertiary/aromatic N) is 3. The molecule has 144 valence electrons. The van der Waals surface area contributed by atoms with E-state index in [-0.39, 0.29) is 24.7 Å². The fourth-order valence-electron chi connectivity index (χ4n) is 2.92. The van der Waals surface area contributed by atoms with Gasteiger partial charge in [-0.2, -0.15) is 0 Å². The number of hydrogen-bond donors (Lipinski definition) is 1. The maximum Gasteiger partial charge on any atom is 0.307 e. The van der Waals surface area contributed by atoms with Gasteiger partial charge >= 0.3 is 5.97 Å². The quantitative estimate of drug-likeness (QED) is 0.639. The van der Waals surface area contributed by atoms with Gasteiger partial charge < -0.3 is 10.1 Å². The highest BCUT2D eigenvalue weighted by Crippen LogP contribution is 2.18. The molecule has 0 fully saturated rings. The van der Waals surface area contributed by atoms with Crippen LogP contribution >= 0.6 is 0 Å². The van der Waals surface area contributed by atoms with Gasteiger partial charge in [0, 0.05) is 0 Å². The molecule has 0 unspecified atom stereocenters. The summed E-state index contributed by atoms with van der Waals surface area (Å²) in [5.41, 5.74) is 3.11. The van der Waals surface area contributed by atoms with E-state index in [0.717, 1.165) is 16.9 Å². The van der Waals surface area contributed by atoms with Crippen molar-refractivity contribution in [1.82, 2.24) is 20.3 Å². The van der Waals surface area contributed by atoms with E-state index in [1.165, 1.54) is 7.11 Å². The molecule has 2 aromatic carbocycles. The van der Waals surface area contributed by atoms with Crippen LogP contribution in [0.15, 0.2) is 60.7 Å². The van der Waals surface area contributed by atoms with Crippen molar-refractivity contribution in [3.05, 3.63) is 77.6 Å². The monoisotopic (exact) mass is 378 g/mol. The maximum absolute atomic E-state index is 12.6. The summed E-state index contributed by atoms with van der Waals surface area (Å²) >= 11 is 0. The summed E-state index contributed by atoms with van der Waals surface area (Å²) in [7, 11) is 1.33. The summed E-state index contributed by atoms with van der Waals surface area (Å²) < 4.78 is 6.46. The van der Waals surface area contributed by atoms with Gasteiger partial charge in [-0.25, -0.2) is 4.68 Å². The molecular weight excluding hydrogens is 356 g/mol. The van der Waals surface area contributed by atoms with Gasteiger partial charge in [-0.3, -0.25) is 9.59 Å². The van der Waals surface area contributed by atoms with Crippen LogP contribution in [0.3, 0.4) is 0 Å². The Bertz CT molecular complexity index is 939. The van der Waals surface area contributed by atoms with Crippen LogP contribution in [0.2, 0.25) is 0 Å². The Labute approximate surface area is 163 Å². The Hall–Kier alpha value is -3.48. The van der Waals surface area contributed by atoms with Gasteiger partial charge in [0.15, 0.2) is 0 Å². The zero-order valence-electron chi connectivity index (χ0n) is 15.8. The molecule has 1 N–H and O–H groups in total. The number of rotatable bonds is 7. The number of para-hydroxylation sites is 1. The average molecular weight is 378 g/mol. The van der Waals surface area contributed by atoms with Gasteiger partial charge in [0.05, 0.1) is 43.1 Å². The smallest absolute Gasteiger partial charge is 0.307 e. The van der Waals surface area contributed by atoms with Crippen LogP contribution in [0.1, 0.15) is 29.4 Å². The lowest BCUT2D eigenvalue weighted by atomic mass is 10.0. The van der Waals surface area contributed by atoms with E-state index in [9.17, 15) is 9.59 Å². The molecule has 1 aromatic heterocycles. The average Bonchev–Trinajstić information content (AvgIpc) is 3.08. The van der Waals surface area contributed by atoms with Crippen LogP contribution in [0.25, 0.3) is 5.69 Å². The number of carbonyl (C=O) groups excluding carboxylic acids is 2. The van der Waals surface area contributed by atoms with Crippen LogP contribution < -0.4 is 5.32 Å². The van der Waals surface area contributed by atoms with Crippen molar-refractivity contribution in [3.8, 4) is 5.69 Å². The highest BCUT2D eigenvalue weighted by molar-refractivity contribution is 5.80. The van der Waals surface area contributed by atoms with Gasteiger partial charge in [0.1, 0.15) is 0 Å². The summed E-state index contributed by atoms with van der Waals surface area (Å²) in [5.74, 6) is -0.624. The SMILES string of the molecule is COC(=O)C[C@H](NC(=O)Cc1nnn(-c2ccccc2)c1C)c1ccccc1. The zero-order valence-corrected chi connectivity index (χ0v) is 15.8. The molecule has 0 bridgehead atoms. The molecule has 0 radical (unpaired) electrons. The molecule has 7 nitrogen and oxygen atoms in total. The number of methoxy groups -OCH3 is 1. The van der Waals surface area contributed by atoms with E-state index in [4.69, 9.17) is 4.74 Å². The Morgan fingerprint density at radius 3 is 2.36 bits per heavy atom. The van der Waals surface area contributed by atoms with Crippen molar-refractivity contribution in [3.63, 3.8) is 0 Å². The van der Waals surface area contributed by atoms with E-state index >= 15 is 0 Å². The van der Waals surface area contributed by atoms with Crippen LogP contribution in [0, 0.1) is 6.92 Å². The molecule has 3 rings (SSSR count). The first kappa shape index (κ1) is 19.3. The van der Waals surface area contributed by atoms with Crippen molar-refractivity contribution < 1.29 is 14.3 Å². The second kappa shape index (κ2) is 8.94. The molecule has 1 amide bonds. The summed E-state index contributed by atoms with van der Waals surface area (Å²) in [6.45, 7) is 1.87. The third kappa shape index (κ3) is 4.62. The third-order valence-electron chi connectivity index (χ3n) is 4.45.